The number of nitrogens with one attached hydrogen (secondary N) is 1. The fourth-order valence-corrected chi connectivity index (χ4v) is 2.19. The van der Waals surface area contributed by atoms with Crippen LogP contribution >= 0.6 is 23.2 Å². The van der Waals surface area contributed by atoms with Crippen LogP contribution < -0.4 is 15.8 Å². The minimum atomic E-state index is -0.376. The van der Waals surface area contributed by atoms with E-state index in [-0.39, 0.29) is 5.60 Å². The molecule has 2 rings (SSSR count). The molecule has 21 heavy (non-hydrogen) atoms. The molecule has 2 aromatic rings. The molecular weight excluding hydrogens is 309 g/mol. The molecule has 0 atom stereocenters. The lowest BCUT2D eigenvalue weighted by atomic mass is 10.2. The van der Waals surface area contributed by atoms with Crippen molar-refractivity contribution in [3.8, 4) is 5.88 Å². The minimum Gasteiger partial charge on any atom is -0.470 e. The van der Waals surface area contributed by atoms with Gasteiger partial charge in [0.2, 0.25) is 5.88 Å². The van der Waals surface area contributed by atoms with Crippen LogP contribution in [0.2, 0.25) is 10.0 Å². The zero-order valence-electron chi connectivity index (χ0n) is 12.1. The number of hydrogen-bond acceptors (Lipinski definition) is 4. The third-order valence-electron chi connectivity index (χ3n) is 2.43. The average molecular weight is 326 g/mol. The Balaban J connectivity index is 2.26. The Labute approximate surface area is 134 Å². The Kier molecular flexibility index (Phi) is 4.49. The van der Waals surface area contributed by atoms with Crippen LogP contribution in [0.5, 0.6) is 5.88 Å². The van der Waals surface area contributed by atoms with Crippen LogP contribution in [0.3, 0.4) is 0 Å². The second-order valence-electron chi connectivity index (χ2n) is 5.59. The number of hydrogen-bond donors (Lipinski definition) is 2. The number of nitrogens with two attached hydrogens (primary N) is 1. The Hall–Kier alpha value is -1.65. The molecule has 1 aromatic heterocycles. The average Bonchev–Trinajstić information content (AvgIpc) is 2.30. The van der Waals surface area contributed by atoms with Crippen molar-refractivity contribution in [2.75, 3.05) is 11.1 Å². The highest BCUT2D eigenvalue weighted by Crippen LogP contribution is 2.28. The van der Waals surface area contributed by atoms with E-state index in [2.05, 4.69) is 10.3 Å². The van der Waals surface area contributed by atoms with Crippen LogP contribution in [0.4, 0.5) is 17.2 Å². The minimum absolute atomic E-state index is 0.376. The molecule has 1 aromatic carbocycles. The third kappa shape index (κ3) is 4.69. The van der Waals surface area contributed by atoms with Gasteiger partial charge in [0.05, 0.1) is 5.69 Å². The molecule has 3 N–H and O–H groups in total. The molecule has 0 amide bonds. The molecule has 112 valence electrons. The summed E-state index contributed by atoms with van der Waals surface area (Å²) in [5, 5.41) is 4.22. The SMILES string of the molecule is CC(C)(C)Oc1nc(Nc2cc(Cl)cc(Cl)c2)ccc1N. The maximum Gasteiger partial charge on any atom is 0.239 e. The summed E-state index contributed by atoms with van der Waals surface area (Å²) in [6.45, 7) is 5.81. The number of pyridine rings is 1. The molecule has 4 nitrogen and oxygen atoms in total. The van der Waals surface area contributed by atoms with Gasteiger partial charge in [0.15, 0.2) is 0 Å². The van der Waals surface area contributed by atoms with E-state index in [1.165, 1.54) is 0 Å². The van der Waals surface area contributed by atoms with Crippen LogP contribution in [0.1, 0.15) is 20.8 Å². The van der Waals surface area contributed by atoms with Crippen LogP contribution in [-0.2, 0) is 0 Å². The Morgan fingerprint density at radius 1 is 1.10 bits per heavy atom. The first-order valence-electron chi connectivity index (χ1n) is 6.41. The fraction of sp³-hybridized carbons (Fsp3) is 0.267. The van der Waals surface area contributed by atoms with Crippen molar-refractivity contribution in [3.05, 3.63) is 40.4 Å². The Morgan fingerprint density at radius 3 is 2.29 bits per heavy atom. The number of halogens is 2. The lowest BCUT2D eigenvalue weighted by Crippen LogP contribution is -2.24. The molecule has 0 saturated heterocycles. The molecule has 0 bridgehead atoms. The number of anilines is 3. The summed E-state index contributed by atoms with van der Waals surface area (Å²) < 4.78 is 5.73. The van der Waals surface area contributed by atoms with Crippen molar-refractivity contribution in [1.29, 1.82) is 0 Å². The van der Waals surface area contributed by atoms with E-state index in [1.54, 1.807) is 30.3 Å². The first kappa shape index (κ1) is 15.7. The number of benzene rings is 1. The van der Waals surface area contributed by atoms with Gasteiger partial charge in [0.25, 0.3) is 0 Å². The van der Waals surface area contributed by atoms with Gasteiger partial charge in [-0.15, -0.1) is 0 Å². The van der Waals surface area contributed by atoms with Gasteiger partial charge in [0.1, 0.15) is 11.4 Å². The first-order valence-corrected chi connectivity index (χ1v) is 7.17. The van der Waals surface area contributed by atoms with E-state index >= 15 is 0 Å². The summed E-state index contributed by atoms with van der Waals surface area (Å²) in [6.07, 6.45) is 0. The van der Waals surface area contributed by atoms with Crippen molar-refractivity contribution in [2.24, 2.45) is 0 Å². The summed E-state index contributed by atoms with van der Waals surface area (Å²) in [4.78, 5) is 4.37. The standard InChI is InChI=1S/C15H17Cl2N3O/c1-15(2,3)21-14-12(18)4-5-13(20-14)19-11-7-9(16)6-10(17)8-11/h4-8H,18H2,1-3H3,(H,19,20). The largest absolute Gasteiger partial charge is 0.470 e. The third-order valence-corrected chi connectivity index (χ3v) is 2.86. The smallest absolute Gasteiger partial charge is 0.239 e. The zero-order chi connectivity index (χ0) is 15.6. The Morgan fingerprint density at radius 2 is 1.71 bits per heavy atom. The quantitative estimate of drug-likeness (QED) is 0.843. The number of nitrogens with zero attached hydrogens (tertiary/aromatic N) is 1. The highest BCUT2D eigenvalue weighted by Gasteiger charge is 2.15. The molecule has 0 fully saturated rings. The van der Waals surface area contributed by atoms with Gasteiger partial charge in [-0.1, -0.05) is 23.2 Å². The number of ether oxygens (including phenoxy) is 1. The predicted molar refractivity (Wildman–Crippen MR) is 88.8 cm³/mol. The molecule has 1 heterocycles. The second-order valence-corrected chi connectivity index (χ2v) is 6.46. The van der Waals surface area contributed by atoms with Gasteiger partial charge in [-0.05, 0) is 51.1 Å². The van der Waals surface area contributed by atoms with E-state index < -0.39 is 0 Å². The highest BCUT2D eigenvalue weighted by atomic mass is 35.5. The molecule has 6 heteroatoms. The summed E-state index contributed by atoms with van der Waals surface area (Å²) in [7, 11) is 0. The second kappa shape index (κ2) is 6.00. The van der Waals surface area contributed by atoms with Crippen molar-refractivity contribution in [2.45, 2.75) is 26.4 Å². The number of aromatic nitrogens is 1. The molecule has 0 saturated carbocycles. The molecule has 0 spiro atoms. The van der Waals surface area contributed by atoms with E-state index in [0.29, 0.717) is 27.4 Å². The molecule has 0 aliphatic heterocycles. The maximum atomic E-state index is 5.97. The first-order chi connectivity index (χ1) is 9.73. The maximum absolute atomic E-state index is 5.97. The highest BCUT2D eigenvalue weighted by molar-refractivity contribution is 6.35. The number of nitrogen functional groups attached to an aromatic ring is 1. The van der Waals surface area contributed by atoms with E-state index in [9.17, 15) is 0 Å². The molecule has 0 unspecified atom stereocenters. The number of rotatable bonds is 3. The lowest BCUT2D eigenvalue weighted by molar-refractivity contribution is 0.125. The van der Waals surface area contributed by atoms with Crippen molar-refractivity contribution >= 4 is 40.4 Å². The van der Waals surface area contributed by atoms with Crippen molar-refractivity contribution in [1.82, 2.24) is 4.98 Å². The normalized spacial score (nSPS) is 11.3. The summed E-state index contributed by atoms with van der Waals surface area (Å²) in [5.41, 5.74) is 6.73. The van der Waals surface area contributed by atoms with Gasteiger partial charge in [-0.3, -0.25) is 0 Å². The van der Waals surface area contributed by atoms with Crippen LogP contribution in [0.15, 0.2) is 30.3 Å². The predicted octanol–water partition coefficient (Wildman–Crippen LogP) is 4.89. The van der Waals surface area contributed by atoms with E-state index in [1.807, 2.05) is 20.8 Å². The lowest BCUT2D eigenvalue weighted by Gasteiger charge is -2.21. The van der Waals surface area contributed by atoms with Crippen LogP contribution in [0, 0.1) is 0 Å². The van der Waals surface area contributed by atoms with Gasteiger partial charge >= 0.3 is 0 Å². The van der Waals surface area contributed by atoms with Crippen LogP contribution in [-0.4, -0.2) is 10.6 Å². The van der Waals surface area contributed by atoms with Gasteiger partial charge in [0, 0.05) is 15.7 Å². The van der Waals surface area contributed by atoms with Crippen molar-refractivity contribution in [3.63, 3.8) is 0 Å². The van der Waals surface area contributed by atoms with E-state index in [0.717, 1.165) is 5.69 Å². The van der Waals surface area contributed by atoms with Gasteiger partial charge < -0.3 is 15.8 Å². The van der Waals surface area contributed by atoms with Gasteiger partial charge in [-0.2, -0.15) is 4.98 Å². The Bertz CT molecular complexity index is 634. The topological polar surface area (TPSA) is 60.2 Å². The molecule has 0 aliphatic carbocycles. The molecule has 0 radical (unpaired) electrons. The van der Waals surface area contributed by atoms with E-state index in [4.69, 9.17) is 33.7 Å². The molecular formula is C15H17Cl2N3O. The fourth-order valence-electron chi connectivity index (χ4n) is 1.67. The van der Waals surface area contributed by atoms with Crippen molar-refractivity contribution < 1.29 is 4.74 Å². The van der Waals surface area contributed by atoms with Crippen LogP contribution in [0.25, 0.3) is 0 Å². The zero-order valence-corrected chi connectivity index (χ0v) is 13.6. The monoisotopic (exact) mass is 325 g/mol. The summed E-state index contributed by atoms with van der Waals surface area (Å²) >= 11 is 11.9. The summed E-state index contributed by atoms with van der Waals surface area (Å²) in [5.74, 6) is 0.988. The van der Waals surface area contributed by atoms with Gasteiger partial charge in [-0.25, -0.2) is 0 Å². The summed E-state index contributed by atoms with van der Waals surface area (Å²) in [6, 6.07) is 8.69. The molecule has 0 aliphatic rings.